The standard InChI is InChI=1S/C24H26ClN5O2/c1-17-8-10-20(11-9-17)28-24(32)26-13-18-5-4-12-29(15-18)23(31)19-14-27-30(16-19)22-7-3-2-6-21(22)25/h2-3,6-11,14,16,18H,4-5,12-13,15H2,1H3,(H2,26,28,32). The largest absolute Gasteiger partial charge is 0.338 e. The molecule has 32 heavy (non-hydrogen) atoms. The summed E-state index contributed by atoms with van der Waals surface area (Å²) in [6, 6.07) is 14.8. The Balaban J connectivity index is 1.31. The molecule has 1 unspecified atom stereocenters. The minimum Gasteiger partial charge on any atom is -0.338 e. The van der Waals surface area contributed by atoms with Crippen LogP contribution in [0.1, 0.15) is 28.8 Å². The molecule has 0 bridgehead atoms. The van der Waals surface area contributed by atoms with Crippen LogP contribution in [0.15, 0.2) is 60.9 Å². The lowest BCUT2D eigenvalue weighted by Crippen LogP contribution is -2.44. The highest BCUT2D eigenvalue weighted by Gasteiger charge is 2.25. The molecule has 0 spiro atoms. The molecule has 0 radical (unpaired) electrons. The van der Waals surface area contributed by atoms with Gasteiger partial charge in [-0.15, -0.1) is 0 Å². The highest BCUT2D eigenvalue weighted by Crippen LogP contribution is 2.21. The topological polar surface area (TPSA) is 79.3 Å². The first-order chi connectivity index (χ1) is 15.5. The van der Waals surface area contributed by atoms with Gasteiger partial charge < -0.3 is 15.5 Å². The van der Waals surface area contributed by atoms with E-state index in [0.717, 1.165) is 29.8 Å². The minimum atomic E-state index is -0.238. The van der Waals surface area contributed by atoms with E-state index in [1.807, 2.05) is 54.3 Å². The number of carbonyl (C=O) groups excluding carboxylic acids is 2. The molecule has 2 heterocycles. The van der Waals surface area contributed by atoms with Gasteiger partial charge in [0.25, 0.3) is 5.91 Å². The van der Waals surface area contributed by atoms with Crippen molar-refractivity contribution >= 4 is 29.2 Å². The fraction of sp³-hybridized carbons (Fsp3) is 0.292. The second-order valence-corrected chi connectivity index (χ2v) is 8.49. The number of aryl methyl sites for hydroxylation is 1. The number of urea groups is 1. The molecule has 1 aromatic heterocycles. The number of carbonyl (C=O) groups is 2. The number of para-hydroxylation sites is 1. The highest BCUT2D eigenvalue weighted by molar-refractivity contribution is 6.32. The number of hydrogen-bond acceptors (Lipinski definition) is 3. The Morgan fingerprint density at radius 3 is 2.72 bits per heavy atom. The van der Waals surface area contributed by atoms with Gasteiger partial charge in [0.1, 0.15) is 0 Å². The Morgan fingerprint density at radius 2 is 1.94 bits per heavy atom. The van der Waals surface area contributed by atoms with Gasteiger partial charge in [-0.3, -0.25) is 4.79 Å². The van der Waals surface area contributed by atoms with Crippen LogP contribution in [-0.2, 0) is 0 Å². The molecule has 7 nitrogen and oxygen atoms in total. The first-order valence-corrected chi connectivity index (χ1v) is 11.1. The van der Waals surface area contributed by atoms with E-state index in [9.17, 15) is 9.59 Å². The predicted octanol–water partition coefficient (Wildman–Crippen LogP) is 4.51. The summed E-state index contributed by atoms with van der Waals surface area (Å²) in [5.74, 6) is 0.146. The molecular formula is C24H26ClN5O2. The van der Waals surface area contributed by atoms with Crippen molar-refractivity contribution in [1.82, 2.24) is 20.0 Å². The number of likely N-dealkylation sites (tertiary alicyclic amines) is 1. The average molecular weight is 452 g/mol. The van der Waals surface area contributed by atoms with Gasteiger partial charge >= 0.3 is 6.03 Å². The van der Waals surface area contributed by atoms with Gasteiger partial charge in [-0.05, 0) is 49.9 Å². The Morgan fingerprint density at radius 1 is 1.16 bits per heavy atom. The number of piperidine rings is 1. The van der Waals surface area contributed by atoms with E-state index in [1.165, 1.54) is 0 Å². The van der Waals surface area contributed by atoms with Crippen LogP contribution in [0.2, 0.25) is 5.02 Å². The van der Waals surface area contributed by atoms with Gasteiger partial charge in [0.05, 0.1) is 22.5 Å². The molecule has 1 atom stereocenters. The molecule has 3 amide bonds. The number of rotatable bonds is 5. The van der Waals surface area contributed by atoms with Gasteiger partial charge in [0, 0.05) is 31.5 Å². The third-order valence-electron chi connectivity index (χ3n) is 5.60. The number of hydrogen-bond donors (Lipinski definition) is 2. The summed E-state index contributed by atoms with van der Waals surface area (Å²) >= 11 is 6.24. The van der Waals surface area contributed by atoms with Gasteiger partial charge in [0.2, 0.25) is 0 Å². The van der Waals surface area contributed by atoms with E-state index in [2.05, 4.69) is 15.7 Å². The molecule has 8 heteroatoms. The number of anilines is 1. The summed E-state index contributed by atoms with van der Waals surface area (Å²) in [5.41, 5.74) is 3.15. The van der Waals surface area contributed by atoms with Crippen molar-refractivity contribution < 1.29 is 9.59 Å². The third kappa shape index (κ3) is 5.29. The van der Waals surface area contributed by atoms with Gasteiger partial charge in [-0.1, -0.05) is 41.4 Å². The summed E-state index contributed by atoms with van der Waals surface area (Å²) in [7, 11) is 0. The van der Waals surface area contributed by atoms with Crippen molar-refractivity contribution in [2.75, 3.05) is 25.0 Å². The minimum absolute atomic E-state index is 0.0582. The molecule has 2 N–H and O–H groups in total. The van der Waals surface area contributed by atoms with Crippen LogP contribution in [0.5, 0.6) is 0 Å². The van der Waals surface area contributed by atoms with E-state index >= 15 is 0 Å². The maximum Gasteiger partial charge on any atom is 0.319 e. The molecule has 1 aliphatic heterocycles. The van der Waals surface area contributed by atoms with Crippen LogP contribution >= 0.6 is 11.6 Å². The zero-order valence-electron chi connectivity index (χ0n) is 17.9. The predicted molar refractivity (Wildman–Crippen MR) is 125 cm³/mol. The fourth-order valence-electron chi connectivity index (χ4n) is 3.85. The van der Waals surface area contributed by atoms with Crippen LogP contribution < -0.4 is 10.6 Å². The zero-order valence-corrected chi connectivity index (χ0v) is 18.7. The molecule has 0 aliphatic carbocycles. The van der Waals surface area contributed by atoms with Crippen molar-refractivity contribution in [1.29, 1.82) is 0 Å². The van der Waals surface area contributed by atoms with Crippen LogP contribution in [0.4, 0.5) is 10.5 Å². The first-order valence-electron chi connectivity index (χ1n) is 10.7. The van der Waals surface area contributed by atoms with Crippen LogP contribution in [-0.4, -0.2) is 46.3 Å². The van der Waals surface area contributed by atoms with Crippen molar-refractivity contribution in [3.63, 3.8) is 0 Å². The van der Waals surface area contributed by atoms with Crippen molar-refractivity contribution in [2.45, 2.75) is 19.8 Å². The highest BCUT2D eigenvalue weighted by atomic mass is 35.5. The van der Waals surface area contributed by atoms with Crippen molar-refractivity contribution in [2.24, 2.45) is 5.92 Å². The van der Waals surface area contributed by atoms with E-state index in [1.54, 1.807) is 23.1 Å². The Kier molecular flexibility index (Phi) is 6.75. The van der Waals surface area contributed by atoms with E-state index in [4.69, 9.17) is 11.6 Å². The van der Waals surface area contributed by atoms with Gasteiger partial charge in [0.15, 0.2) is 0 Å². The fourth-order valence-corrected chi connectivity index (χ4v) is 4.07. The Labute approximate surface area is 192 Å². The second kappa shape index (κ2) is 9.87. The monoisotopic (exact) mass is 451 g/mol. The van der Waals surface area contributed by atoms with Crippen molar-refractivity contribution in [3.05, 3.63) is 77.1 Å². The maximum atomic E-state index is 13.0. The first kappa shape index (κ1) is 21.9. The molecule has 3 aromatic rings. The number of aromatic nitrogens is 2. The Bertz CT molecular complexity index is 1100. The lowest BCUT2D eigenvalue weighted by Gasteiger charge is -2.32. The maximum absolute atomic E-state index is 13.0. The summed E-state index contributed by atoms with van der Waals surface area (Å²) in [5, 5.41) is 10.6. The summed E-state index contributed by atoms with van der Waals surface area (Å²) in [4.78, 5) is 27.1. The number of amides is 3. The zero-order chi connectivity index (χ0) is 22.5. The summed E-state index contributed by atoms with van der Waals surface area (Å²) < 4.78 is 1.62. The van der Waals surface area contributed by atoms with E-state index in [-0.39, 0.29) is 17.9 Å². The number of halogens is 1. The molecule has 4 rings (SSSR count). The van der Waals surface area contributed by atoms with Crippen LogP contribution in [0, 0.1) is 12.8 Å². The van der Waals surface area contributed by atoms with Crippen molar-refractivity contribution in [3.8, 4) is 5.69 Å². The molecule has 1 aliphatic rings. The molecule has 1 fully saturated rings. The normalized spacial score (nSPS) is 15.9. The molecule has 166 valence electrons. The SMILES string of the molecule is Cc1ccc(NC(=O)NCC2CCCN(C(=O)c3cnn(-c4ccccc4Cl)c3)C2)cc1. The van der Waals surface area contributed by atoms with E-state index in [0.29, 0.717) is 30.2 Å². The number of benzene rings is 2. The third-order valence-corrected chi connectivity index (χ3v) is 5.92. The van der Waals surface area contributed by atoms with Crippen LogP contribution in [0.25, 0.3) is 5.69 Å². The summed E-state index contributed by atoms with van der Waals surface area (Å²) in [6.07, 6.45) is 5.15. The molecule has 2 aromatic carbocycles. The molecular weight excluding hydrogens is 426 g/mol. The molecule has 0 saturated carbocycles. The number of nitrogens with zero attached hydrogens (tertiary/aromatic N) is 3. The summed E-state index contributed by atoms with van der Waals surface area (Å²) in [6.45, 7) is 3.81. The molecule has 1 saturated heterocycles. The van der Waals surface area contributed by atoms with Gasteiger partial charge in [-0.25, -0.2) is 9.48 Å². The average Bonchev–Trinajstić information content (AvgIpc) is 3.29. The van der Waals surface area contributed by atoms with Gasteiger partial charge in [-0.2, -0.15) is 5.10 Å². The van der Waals surface area contributed by atoms with Crippen LogP contribution in [0.3, 0.4) is 0 Å². The lowest BCUT2D eigenvalue weighted by molar-refractivity contribution is 0.0675. The van der Waals surface area contributed by atoms with E-state index < -0.39 is 0 Å². The second-order valence-electron chi connectivity index (χ2n) is 8.09. The lowest BCUT2D eigenvalue weighted by atomic mass is 9.97. The smallest absolute Gasteiger partial charge is 0.319 e. The Hall–Kier alpha value is -3.32. The number of nitrogens with one attached hydrogen (secondary N) is 2. The quantitative estimate of drug-likeness (QED) is 0.599.